The van der Waals surface area contributed by atoms with Gasteiger partial charge >= 0.3 is 0 Å². The Bertz CT molecular complexity index is 554. The summed E-state index contributed by atoms with van der Waals surface area (Å²) in [5, 5.41) is 0.553. The van der Waals surface area contributed by atoms with E-state index in [9.17, 15) is 8.42 Å². The fourth-order valence-corrected chi connectivity index (χ4v) is 2.99. The lowest BCUT2D eigenvalue weighted by atomic mass is 10.1. The van der Waals surface area contributed by atoms with Crippen molar-refractivity contribution in [2.45, 2.75) is 38.1 Å². The van der Waals surface area contributed by atoms with E-state index in [0.717, 1.165) is 24.8 Å². The van der Waals surface area contributed by atoms with E-state index in [1.807, 2.05) is 6.07 Å². The van der Waals surface area contributed by atoms with Crippen molar-refractivity contribution >= 4 is 21.7 Å². The Labute approximate surface area is 130 Å². The smallest absolute Gasteiger partial charge is 0.264 e. The van der Waals surface area contributed by atoms with Crippen molar-refractivity contribution in [1.82, 2.24) is 0 Å². The second-order valence-corrected chi connectivity index (χ2v) is 7.06. The Morgan fingerprint density at radius 1 is 1.43 bits per heavy atom. The summed E-state index contributed by atoms with van der Waals surface area (Å²) >= 11 is 5.97. The van der Waals surface area contributed by atoms with Crippen molar-refractivity contribution in [2.24, 2.45) is 0 Å². The van der Waals surface area contributed by atoms with Gasteiger partial charge in [-0.3, -0.25) is 4.55 Å². The van der Waals surface area contributed by atoms with Gasteiger partial charge in [-0.1, -0.05) is 23.7 Å². The van der Waals surface area contributed by atoms with Crippen LogP contribution in [0.2, 0.25) is 5.02 Å². The van der Waals surface area contributed by atoms with Crippen molar-refractivity contribution in [3.8, 4) is 0 Å². The highest BCUT2D eigenvalue weighted by Crippen LogP contribution is 2.28. The lowest BCUT2D eigenvalue weighted by molar-refractivity contribution is -0.190. The summed E-state index contributed by atoms with van der Waals surface area (Å²) in [5.74, 6) is -0.364. The number of benzene rings is 1. The third-order valence-electron chi connectivity index (χ3n) is 3.31. The van der Waals surface area contributed by atoms with Crippen LogP contribution in [-0.4, -0.2) is 31.6 Å². The topological polar surface area (TPSA) is 72.8 Å². The van der Waals surface area contributed by atoms with Crippen LogP contribution in [0.25, 0.3) is 0 Å². The highest BCUT2D eigenvalue weighted by molar-refractivity contribution is 7.85. The molecule has 1 aromatic carbocycles. The first-order valence-corrected chi connectivity index (χ1v) is 8.90. The average Bonchev–Trinajstić information content (AvgIpc) is 2.43. The van der Waals surface area contributed by atoms with Crippen molar-refractivity contribution in [2.75, 3.05) is 12.4 Å². The molecule has 1 saturated heterocycles. The van der Waals surface area contributed by atoms with E-state index in [-0.39, 0.29) is 18.5 Å². The molecule has 0 bridgehead atoms. The van der Waals surface area contributed by atoms with E-state index < -0.39 is 16.2 Å². The van der Waals surface area contributed by atoms with Gasteiger partial charge in [0.2, 0.25) is 0 Å². The third kappa shape index (κ3) is 5.92. The molecule has 5 nitrogen and oxygen atoms in total. The van der Waals surface area contributed by atoms with Crippen LogP contribution >= 0.6 is 11.6 Å². The van der Waals surface area contributed by atoms with E-state index in [1.54, 1.807) is 18.2 Å². The molecule has 2 atom stereocenters. The second-order valence-electron chi connectivity index (χ2n) is 5.05. The van der Waals surface area contributed by atoms with Crippen molar-refractivity contribution in [3.05, 3.63) is 34.9 Å². The molecule has 0 aromatic heterocycles. The van der Waals surface area contributed by atoms with Gasteiger partial charge in [-0.25, -0.2) is 0 Å². The van der Waals surface area contributed by atoms with E-state index in [4.69, 9.17) is 25.6 Å². The number of rotatable bonds is 6. The van der Waals surface area contributed by atoms with Gasteiger partial charge in [0, 0.05) is 11.6 Å². The van der Waals surface area contributed by atoms with Gasteiger partial charge in [-0.05, 0) is 43.4 Å². The summed E-state index contributed by atoms with van der Waals surface area (Å²) in [6.07, 6.45) is 2.14. The van der Waals surface area contributed by atoms with Gasteiger partial charge in [0.15, 0.2) is 6.29 Å². The maximum Gasteiger partial charge on any atom is 0.264 e. The monoisotopic (exact) mass is 334 g/mol. The molecule has 1 fully saturated rings. The van der Waals surface area contributed by atoms with Crippen molar-refractivity contribution in [3.63, 3.8) is 0 Å². The second kappa shape index (κ2) is 7.56. The lowest BCUT2D eigenvalue weighted by Gasteiger charge is -2.28. The van der Waals surface area contributed by atoms with Crippen LogP contribution < -0.4 is 0 Å². The van der Waals surface area contributed by atoms with E-state index >= 15 is 0 Å². The van der Waals surface area contributed by atoms with Crippen LogP contribution in [0.15, 0.2) is 24.3 Å². The molecule has 1 aliphatic heterocycles. The van der Waals surface area contributed by atoms with Crippen molar-refractivity contribution < 1.29 is 22.4 Å². The standard InChI is InChI=1S/C14H19ClO5S/c15-12-5-3-4-11(10-12)13(7-9-21(16,17)18)20-14-6-1-2-8-19-14/h3-5,10,13-14H,1-2,6-9H2,(H,16,17,18). The summed E-state index contributed by atoms with van der Waals surface area (Å²) in [7, 11) is -4.03. The zero-order chi connectivity index (χ0) is 15.3. The Morgan fingerprint density at radius 3 is 2.86 bits per heavy atom. The molecule has 21 heavy (non-hydrogen) atoms. The van der Waals surface area contributed by atoms with Crippen LogP contribution in [0.3, 0.4) is 0 Å². The minimum absolute atomic E-state index is 0.152. The molecule has 2 rings (SSSR count). The van der Waals surface area contributed by atoms with Crippen molar-refractivity contribution in [1.29, 1.82) is 0 Å². The zero-order valence-corrected chi connectivity index (χ0v) is 13.1. The summed E-state index contributed by atoms with van der Waals surface area (Å²) in [6.45, 7) is 0.644. The maximum absolute atomic E-state index is 11.0. The highest BCUT2D eigenvalue weighted by atomic mass is 35.5. The van der Waals surface area contributed by atoms with E-state index in [1.165, 1.54) is 0 Å². The molecule has 0 saturated carbocycles. The van der Waals surface area contributed by atoms with Gasteiger partial charge in [-0.15, -0.1) is 0 Å². The van der Waals surface area contributed by atoms with Gasteiger partial charge in [0.05, 0.1) is 11.9 Å². The molecule has 0 radical (unpaired) electrons. The van der Waals surface area contributed by atoms with Crippen LogP contribution in [0.5, 0.6) is 0 Å². The first-order chi connectivity index (χ1) is 9.94. The first-order valence-electron chi connectivity index (χ1n) is 6.92. The SMILES string of the molecule is O=S(=O)(O)CCC(OC1CCCCO1)c1cccc(Cl)c1. The summed E-state index contributed by atoms with van der Waals surface area (Å²) in [6, 6.07) is 7.08. The molecule has 1 aromatic rings. The van der Waals surface area contributed by atoms with Crippen LogP contribution in [0, 0.1) is 0 Å². The quantitative estimate of drug-likeness (QED) is 0.809. The highest BCUT2D eigenvalue weighted by Gasteiger charge is 2.23. The molecule has 7 heteroatoms. The fraction of sp³-hybridized carbons (Fsp3) is 0.571. The number of hydrogen-bond donors (Lipinski definition) is 1. The number of hydrogen-bond acceptors (Lipinski definition) is 4. The van der Waals surface area contributed by atoms with E-state index in [2.05, 4.69) is 0 Å². The van der Waals surface area contributed by atoms with Gasteiger partial charge in [0.25, 0.3) is 10.1 Å². The van der Waals surface area contributed by atoms with Crippen LogP contribution in [0.4, 0.5) is 0 Å². The minimum atomic E-state index is -4.03. The summed E-state index contributed by atoms with van der Waals surface area (Å²) in [4.78, 5) is 0. The summed E-state index contributed by atoms with van der Waals surface area (Å²) < 4.78 is 42.3. The maximum atomic E-state index is 11.0. The molecule has 118 valence electrons. The zero-order valence-electron chi connectivity index (χ0n) is 11.6. The molecule has 0 spiro atoms. The average molecular weight is 335 g/mol. The molecule has 1 heterocycles. The largest absolute Gasteiger partial charge is 0.353 e. The molecule has 0 aliphatic carbocycles. The molecule has 1 N–H and O–H groups in total. The van der Waals surface area contributed by atoms with Gasteiger partial charge in [0.1, 0.15) is 0 Å². The van der Waals surface area contributed by atoms with Crippen LogP contribution in [-0.2, 0) is 19.6 Å². The Hall–Kier alpha value is -0.660. The Balaban J connectivity index is 2.09. The normalized spacial score (nSPS) is 21.1. The van der Waals surface area contributed by atoms with Gasteiger partial charge in [-0.2, -0.15) is 8.42 Å². The molecular formula is C14H19ClO5S. The molecule has 2 unspecified atom stereocenters. The van der Waals surface area contributed by atoms with Gasteiger partial charge < -0.3 is 9.47 Å². The number of ether oxygens (including phenoxy) is 2. The number of halogens is 1. The Morgan fingerprint density at radius 2 is 2.24 bits per heavy atom. The predicted molar refractivity (Wildman–Crippen MR) is 79.9 cm³/mol. The molecular weight excluding hydrogens is 316 g/mol. The first kappa shape index (κ1) is 16.7. The molecule has 1 aliphatic rings. The summed E-state index contributed by atoms with van der Waals surface area (Å²) in [5.41, 5.74) is 0.778. The predicted octanol–water partition coefficient (Wildman–Crippen LogP) is 3.20. The molecule has 0 amide bonds. The van der Waals surface area contributed by atoms with E-state index in [0.29, 0.717) is 11.6 Å². The Kier molecular flexibility index (Phi) is 6.01. The lowest BCUT2D eigenvalue weighted by Crippen LogP contribution is -2.25. The minimum Gasteiger partial charge on any atom is -0.353 e. The fourth-order valence-electron chi connectivity index (χ4n) is 2.28. The van der Waals surface area contributed by atoms with Crippen LogP contribution in [0.1, 0.15) is 37.4 Å². The third-order valence-corrected chi connectivity index (χ3v) is 4.30.